The molecule has 0 unspecified atom stereocenters. The zero-order valence-corrected chi connectivity index (χ0v) is 20.9. The lowest BCUT2D eigenvalue weighted by atomic mass is 9.89. The van der Waals surface area contributed by atoms with Gasteiger partial charge in [-0.25, -0.2) is 0 Å². The Balaban J connectivity index is 1.40. The first-order valence-electron chi connectivity index (χ1n) is 12.1. The number of nitrogens with one attached hydrogen (secondary N) is 2. The SMILES string of the molecule is CN=C1C=CC(C(=O)NC2CCC(Nc3cc(C(C)(C)C)nc4ccccc34)CC2)=CC1=NC. The van der Waals surface area contributed by atoms with E-state index in [4.69, 9.17) is 4.98 Å². The molecule has 2 N–H and O–H groups in total. The lowest BCUT2D eigenvalue weighted by molar-refractivity contribution is -0.118. The number of aliphatic imine (C=N–C) groups is 2. The number of rotatable bonds is 4. The van der Waals surface area contributed by atoms with E-state index in [2.05, 4.69) is 65.7 Å². The predicted molar refractivity (Wildman–Crippen MR) is 142 cm³/mol. The van der Waals surface area contributed by atoms with E-state index in [1.807, 2.05) is 24.3 Å². The summed E-state index contributed by atoms with van der Waals surface area (Å²) >= 11 is 0. The molecule has 0 spiro atoms. The van der Waals surface area contributed by atoms with Crippen molar-refractivity contribution in [3.8, 4) is 0 Å². The Morgan fingerprint density at radius 3 is 2.32 bits per heavy atom. The fourth-order valence-electron chi connectivity index (χ4n) is 4.58. The first-order chi connectivity index (χ1) is 16.3. The third-order valence-corrected chi connectivity index (χ3v) is 6.63. The number of anilines is 1. The molecule has 0 saturated heterocycles. The smallest absolute Gasteiger partial charge is 0.251 e. The molecule has 2 aliphatic rings. The van der Waals surface area contributed by atoms with Gasteiger partial charge in [-0.2, -0.15) is 0 Å². The Labute approximate surface area is 202 Å². The minimum atomic E-state index is -0.0427. The summed E-state index contributed by atoms with van der Waals surface area (Å²) in [5.41, 5.74) is 5.42. The fraction of sp³-hybridized carbons (Fsp3) is 0.429. The number of allylic oxidation sites excluding steroid dienone is 2. The van der Waals surface area contributed by atoms with E-state index in [0.29, 0.717) is 11.6 Å². The first-order valence-corrected chi connectivity index (χ1v) is 12.1. The van der Waals surface area contributed by atoms with Crippen LogP contribution in [0, 0.1) is 0 Å². The topological polar surface area (TPSA) is 78.7 Å². The normalized spacial score (nSPS) is 23.3. The number of amides is 1. The van der Waals surface area contributed by atoms with Crippen LogP contribution in [0.4, 0.5) is 5.69 Å². The molecule has 1 amide bonds. The van der Waals surface area contributed by atoms with Crippen LogP contribution in [0.3, 0.4) is 0 Å². The number of fused-ring (bicyclic) bond motifs is 1. The molecular formula is C28H35N5O. The summed E-state index contributed by atoms with van der Waals surface area (Å²) < 4.78 is 0. The number of aromatic nitrogens is 1. The number of carbonyl (C=O) groups excluding carboxylic acids is 1. The Bertz CT molecular complexity index is 1190. The van der Waals surface area contributed by atoms with Gasteiger partial charge in [0.15, 0.2) is 0 Å². The second-order valence-corrected chi connectivity index (χ2v) is 10.1. The Kier molecular flexibility index (Phi) is 6.96. The fourth-order valence-corrected chi connectivity index (χ4v) is 4.58. The third kappa shape index (κ3) is 5.27. The van der Waals surface area contributed by atoms with Gasteiger partial charge in [0.2, 0.25) is 0 Å². The summed E-state index contributed by atoms with van der Waals surface area (Å²) in [7, 11) is 3.45. The highest BCUT2D eigenvalue weighted by Crippen LogP contribution is 2.31. The van der Waals surface area contributed by atoms with Gasteiger partial charge in [0.05, 0.1) is 16.9 Å². The van der Waals surface area contributed by atoms with Crippen molar-refractivity contribution in [2.75, 3.05) is 19.4 Å². The molecule has 1 saturated carbocycles. The molecule has 2 aromatic rings. The van der Waals surface area contributed by atoms with E-state index in [1.54, 1.807) is 14.1 Å². The van der Waals surface area contributed by atoms with Crippen LogP contribution in [0.15, 0.2) is 64.1 Å². The van der Waals surface area contributed by atoms with Crippen LogP contribution in [0.5, 0.6) is 0 Å². The molecule has 0 radical (unpaired) electrons. The van der Waals surface area contributed by atoms with Crippen LogP contribution in [0.25, 0.3) is 10.9 Å². The molecule has 1 aromatic heterocycles. The third-order valence-electron chi connectivity index (χ3n) is 6.63. The van der Waals surface area contributed by atoms with Crippen LogP contribution in [-0.4, -0.2) is 48.5 Å². The molecule has 4 rings (SSSR count). The van der Waals surface area contributed by atoms with Crippen molar-refractivity contribution >= 4 is 33.9 Å². The number of hydrogen-bond acceptors (Lipinski definition) is 5. The van der Waals surface area contributed by atoms with E-state index in [9.17, 15) is 4.79 Å². The van der Waals surface area contributed by atoms with Gasteiger partial charge >= 0.3 is 0 Å². The number of pyridine rings is 1. The molecule has 1 heterocycles. The van der Waals surface area contributed by atoms with Gasteiger partial charge in [-0.15, -0.1) is 0 Å². The molecule has 1 aromatic carbocycles. The van der Waals surface area contributed by atoms with Crippen LogP contribution < -0.4 is 10.6 Å². The highest BCUT2D eigenvalue weighted by Gasteiger charge is 2.25. The molecule has 6 nitrogen and oxygen atoms in total. The van der Waals surface area contributed by atoms with Crippen molar-refractivity contribution in [3.05, 3.63) is 59.8 Å². The predicted octanol–water partition coefficient (Wildman–Crippen LogP) is 5.01. The molecule has 34 heavy (non-hydrogen) atoms. The quantitative estimate of drug-likeness (QED) is 0.634. The lowest BCUT2D eigenvalue weighted by Gasteiger charge is -2.31. The zero-order valence-electron chi connectivity index (χ0n) is 20.9. The van der Waals surface area contributed by atoms with Gasteiger partial charge in [-0.1, -0.05) is 39.0 Å². The van der Waals surface area contributed by atoms with Crippen molar-refractivity contribution in [1.82, 2.24) is 10.3 Å². The van der Waals surface area contributed by atoms with E-state index in [-0.39, 0.29) is 17.4 Å². The van der Waals surface area contributed by atoms with Crippen LogP contribution in [0.1, 0.15) is 52.1 Å². The average molecular weight is 458 g/mol. The summed E-state index contributed by atoms with van der Waals surface area (Å²) in [6, 6.07) is 11.1. The second-order valence-electron chi connectivity index (χ2n) is 10.1. The van der Waals surface area contributed by atoms with Gasteiger partial charge in [-0.3, -0.25) is 19.8 Å². The van der Waals surface area contributed by atoms with Gasteiger partial charge in [-0.05, 0) is 56.0 Å². The number of nitrogens with zero attached hydrogens (tertiary/aromatic N) is 3. The van der Waals surface area contributed by atoms with Gasteiger partial charge in [0, 0.05) is 53.9 Å². The minimum Gasteiger partial charge on any atom is -0.382 e. The van der Waals surface area contributed by atoms with Crippen molar-refractivity contribution in [1.29, 1.82) is 0 Å². The molecule has 1 fully saturated rings. The summed E-state index contributed by atoms with van der Waals surface area (Å²) in [5.74, 6) is -0.0427. The molecule has 0 atom stereocenters. The minimum absolute atomic E-state index is 0.0171. The Morgan fingerprint density at radius 1 is 0.971 bits per heavy atom. The molecular weight excluding hydrogens is 422 g/mol. The number of benzene rings is 1. The maximum Gasteiger partial charge on any atom is 0.251 e. The Morgan fingerprint density at radius 2 is 1.65 bits per heavy atom. The maximum atomic E-state index is 12.8. The van der Waals surface area contributed by atoms with E-state index >= 15 is 0 Å². The largest absolute Gasteiger partial charge is 0.382 e. The van der Waals surface area contributed by atoms with E-state index in [1.165, 1.54) is 0 Å². The average Bonchev–Trinajstić information content (AvgIpc) is 2.84. The van der Waals surface area contributed by atoms with Crippen molar-refractivity contribution in [2.24, 2.45) is 9.98 Å². The lowest BCUT2D eigenvalue weighted by Crippen LogP contribution is -2.41. The monoisotopic (exact) mass is 457 g/mol. The summed E-state index contributed by atoms with van der Waals surface area (Å²) in [6.07, 6.45) is 9.40. The van der Waals surface area contributed by atoms with Crippen LogP contribution in [0.2, 0.25) is 0 Å². The van der Waals surface area contributed by atoms with Gasteiger partial charge in [0.1, 0.15) is 0 Å². The Hall–Kier alpha value is -3.28. The zero-order chi connectivity index (χ0) is 24.3. The van der Waals surface area contributed by atoms with Crippen LogP contribution in [-0.2, 0) is 10.2 Å². The molecule has 6 heteroatoms. The molecule has 2 aliphatic carbocycles. The molecule has 178 valence electrons. The van der Waals surface area contributed by atoms with Crippen LogP contribution >= 0.6 is 0 Å². The summed E-state index contributed by atoms with van der Waals surface area (Å²) in [4.78, 5) is 26.2. The van der Waals surface area contributed by atoms with Crippen molar-refractivity contribution in [3.63, 3.8) is 0 Å². The molecule has 0 bridgehead atoms. The van der Waals surface area contributed by atoms with Gasteiger partial charge in [0.25, 0.3) is 5.91 Å². The van der Waals surface area contributed by atoms with Crippen molar-refractivity contribution < 1.29 is 4.79 Å². The summed E-state index contributed by atoms with van der Waals surface area (Å²) in [6.45, 7) is 6.59. The van der Waals surface area contributed by atoms with E-state index < -0.39 is 0 Å². The number of hydrogen-bond donors (Lipinski definition) is 2. The standard InChI is InChI=1S/C28H35N5O/c1-28(2,3)26-17-24(21-8-6-7-9-22(21)33-26)31-19-11-13-20(14-12-19)32-27(34)18-10-15-23(29-4)25(16-18)30-5/h6-10,15-17,19-20H,11-14H2,1-5H3,(H,31,33)(H,32,34). The van der Waals surface area contributed by atoms with Gasteiger partial charge < -0.3 is 10.6 Å². The number of para-hydroxylation sites is 1. The molecule has 0 aliphatic heterocycles. The second kappa shape index (κ2) is 9.92. The van der Waals surface area contributed by atoms with E-state index in [0.717, 1.165) is 59.4 Å². The van der Waals surface area contributed by atoms with Crippen molar-refractivity contribution in [2.45, 2.75) is 64.0 Å². The highest BCUT2D eigenvalue weighted by molar-refractivity contribution is 6.52. The maximum absolute atomic E-state index is 12.8. The first kappa shape index (κ1) is 23.9. The summed E-state index contributed by atoms with van der Waals surface area (Å²) in [5, 5.41) is 8.17. The number of carbonyl (C=O) groups is 1. The highest BCUT2D eigenvalue weighted by atomic mass is 16.1.